The van der Waals surface area contributed by atoms with E-state index in [-0.39, 0.29) is 5.91 Å². The zero-order chi connectivity index (χ0) is 35.5. The first kappa shape index (κ1) is 36.2. The minimum Gasteiger partial charge on any atom is -0.480 e. The summed E-state index contributed by atoms with van der Waals surface area (Å²) in [6.07, 6.45) is 6.60. The van der Waals surface area contributed by atoms with Gasteiger partial charge in [0, 0.05) is 30.0 Å². The lowest BCUT2D eigenvalue weighted by Crippen LogP contribution is -2.33. The van der Waals surface area contributed by atoms with E-state index in [1.807, 2.05) is 62.4 Å². The van der Waals surface area contributed by atoms with E-state index in [0.717, 1.165) is 91.1 Å². The number of ether oxygens (including phenoxy) is 1. The molecule has 1 aliphatic heterocycles. The molecule has 1 aromatic heterocycles. The Bertz CT molecular complexity index is 1810. The smallest absolute Gasteiger partial charge is 0.265 e. The van der Waals surface area contributed by atoms with E-state index < -0.39 is 6.10 Å². The maximum atomic E-state index is 13.5. The Labute approximate surface area is 296 Å². The predicted molar refractivity (Wildman–Crippen MR) is 206 cm³/mol. The number of fused-ring (bicyclic) bond motifs is 1. The molecule has 10 heteroatoms. The molecule has 10 nitrogen and oxygen atoms in total. The molecule has 1 unspecified atom stereocenters. The number of aliphatic imine (C=N–C) groups is 2. The summed E-state index contributed by atoms with van der Waals surface area (Å²) in [5.41, 5.74) is 7.08. The van der Waals surface area contributed by atoms with Crippen molar-refractivity contribution < 1.29 is 9.53 Å². The molecule has 0 spiro atoms. The van der Waals surface area contributed by atoms with Gasteiger partial charge >= 0.3 is 0 Å². The van der Waals surface area contributed by atoms with Crippen LogP contribution in [0.25, 0.3) is 11.4 Å². The number of carbonyl (C=O) groups is 1. The summed E-state index contributed by atoms with van der Waals surface area (Å²) in [5, 5.41) is 12.3. The second-order valence-corrected chi connectivity index (χ2v) is 12.9. The molecule has 5 rings (SSSR count). The second kappa shape index (κ2) is 17.5. The van der Waals surface area contributed by atoms with Crippen LogP contribution < -0.4 is 15.0 Å². The van der Waals surface area contributed by atoms with Crippen LogP contribution in [0.4, 0.5) is 17.1 Å². The summed E-state index contributed by atoms with van der Waals surface area (Å²) in [4.78, 5) is 31.1. The van der Waals surface area contributed by atoms with Crippen molar-refractivity contribution >= 4 is 41.1 Å². The topological polar surface area (TPSA) is 109 Å². The average molecular weight is 675 g/mol. The third-order valence-corrected chi connectivity index (χ3v) is 8.78. The number of unbranched alkanes of at least 4 members (excludes halogenated alkanes) is 4. The minimum absolute atomic E-state index is 0.158. The van der Waals surface area contributed by atoms with Crippen LogP contribution in [0.1, 0.15) is 82.7 Å². The lowest BCUT2D eigenvalue weighted by Gasteiger charge is -2.24. The van der Waals surface area contributed by atoms with E-state index in [4.69, 9.17) is 14.7 Å². The number of nitrogens with zero attached hydrogens (tertiary/aromatic N) is 7. The highest BCUT2D eigenvalue weighted by Gasteiger charge is 2.26. The summed E-state index contributed by atoms with van der Waals surface area (Å²) in [6, 6.07) is 21.8. The van der Waals surface area contributed by atoms with Gasteiger partial charge in [-0.3, -0.25) is 9.79 Å². The van der Waals surface area contributed by atoms with Gasteiger partial charge in [-0.05, 0) is 107 Å². The molecule has 1 amide bonds. The van der Waals surface area contributed by atoms with Gasteiger partial charge in [-0.15, -0.1) is 9.89 Å². The molecule has 0 bridgehead atoms. The normalized spacial score (nSPS) is 13.5. The van der Waals surface area contributed by atoms with Gasteiger partial charge in [0.25, 0.3) is 5.91 Å². The minimum atomic E-state index is -0.588. The number of anilines is 2. The highest BCUT2D eigenvalue weighted by atomic mass is 16.5. The van der Waals surface area contributed by atoms with Crippen LogP contribution in [0.15, 0.2) is 81.8 Å². The third kappa shape index (κ3) is 9.31. The number of aryl methyl sites for hydroxylation is 2. The SMILES string of the molecule is C=NCCN(CCCC)c1ccc(N=C2C(C)=Nn3nc(-c4ccc(NC(=O)C(CCCCCC)Oc5ccc(C)cc5C)cc4)nc32)cc1. The van der Waals surface area contributed by atoms with Crippen molar-refractivity contribution in [1.82, 2.24) is 14.9 Å². The fourth-order valence-corrected chi connectivity index (χ4v) is 5.91. The number of carbonyl (C=O) groups excluding carboxylic acids is 1. The lowest BCUT2D eigenvalue weighted by molar-refractivity contribution is -0.123. The van der Waals surface area contributed by atoms with Crippen molar-refractivity contribution in [3.05, 3.63) is 83.7 Å². The Balaban J connectivity index is 1.27. The van der Waals surface area contributed by atoms with Crippen LogP contribution in [0.3, 0.4) is 0 Å². The van der Waals surface area contributed by atoms with E-state index in [1.54, 1.807) is 0 Å². The van der Waals surface area contributed by atoms with Crippen molar-refractivity contribution in [3.8, 4) is 17.1 Å². The fourth-order valence-electron chi connectivity index (χ4n) is 5.91. The van der Waals surface area contributed by atoms with Crippen LogP contribution in [-0.2, 0) is 4.79 Å². The first-order valence-electron chi connectivity index (χ1n) is 17.8. The monoisotopic (exact) mass is 674 g/mol. The van der Waals surface area contributed by atoms with E-state index in [1.165, 1.54) is 4.79 Å². The van der Waals surface area contributed by atoms with Crippen molar-refractivity contribution in [1.29, 1.82) is 0 Å². The van der Waals surface area contributed by atoms with Crippen LogP contribution >= 0.6 is 0 Å². The standard InChI is InChI=1S/C40H50N8O2/c1-7-9-11-12-13-36(50-35-23-14-28(3)27-29(35)4)40(49)43-33-17-15-31(16-18-33)38-44-39-37(30(5)45-48(39)46-38)42-32-19-21-34(22-20-32)47(25-10-8-2)26-24-41-6/h14-23,27,36H,6-13,24-26H2,1-5H3,(H,43,49). The Morgan fingerprint density at radius 1 is 0.940 bits per heavy atom. The Morgan fingerprint density at radius 3 is 2.40 bits per heavy atom. The first-order valence-corrected chi connectivity index (χ1v) is 17.8. The van der Waals surface area contributed by atoms with Gasteiger partial charge in [-0.2, -0.15) is 5.10 Å². The van der Waals surface area contributed by atoms with E-state index in [0.29, 0.717) is 36.0 Å². The fraction of sp³-hybridized carbons (Fsp3) is 0.400. The van der Waals surface area contributed by atoms with Crippen LogP contribution in [0, 0.1) is 13.8 Å². The predicted octanol–water partition coefficient (Wildman–Crippen LogP) is 8.58. The van der Waals surface area contributed by atoms with Crippen molar-refractivity contribution in [3.63, 3.8) is 0 Å². The van der Waals surface area contributed by atoms with Gasteiger partial charge in [-0.1, -0.05) is 57.2 Å². The molecule has 1 aliphatic rings. The number of hydrogen-bond donors (Lipinski definition) is 1. The lowest BCUT2D eigenvalue weighted by atomic mass is 10.1. The van der Waals surface area contributed by atoms with Crippen LogP contribution in [0.5, 0.6) is 5.75 Å². The second-order valence-electron chi connectivity index (χ2n) is 12.9. The molecule has 1 atom stereocenters. The number of hydrogen-bond acceptors (Lipinski definition) is 8. The zero-order valence-corrected chi connectivity index (χ0v) is 30.2. The van der Waals surface area contributed by atoms with E-state index in [2.05, 4.69) is 71.1 Å². The third-order valence-electron chi connectivity index (χ3n) is 8.78. The molecule has 3 aromatic carbocycles. The Hall–Kier alpha value is -5.12. The van der Waals surface area contributed by atoms with Crippen molar-refractivity contribution in [2.75, 3.05) is 29.9 Å². The number of amides is 1. The molecular formula is C40H50N8O2. The summed E-state index contributed by atoms with van der Waals surface area (Å²) in [6.45, 7) is 16.5. The quantitative estimate of drug-likeness (QED) is 0.0840. The molecule has 0 saturated heterocycles. The largest absolute Gasteiger partial charge is 0.480 e. The molecular weight excluding hydrogens is 624 g/mol. The highest BCUT2D eigenvalue weighted by molar-refractivity contribution is 6.48. The molecule has 2 heterocycles. The molecule has 0 saturated carbocycles. The Kier molecular flexibility index (Phi) is 12.7. The van der Waals surface area contributed by atoms with Gasteiger partial charge in [0.2, 0.25) is 5.82 Å². The van der Waals surface area contributed by atoms with Gasteiger partial charge < -0.3 is 15.0 Å². The van der Waals surface area contributed by atoms with E-state index in [9.17, 15) is 4.79 Å². The number of nitrogens with one attached hydrogen (secondary N) is 1. The molecule has 0 aliphatic carbocycles. The molecule has 262 valence electrons. The van der Waals surface area contributed by atoms with Crippen molar-refractivity contribution in [2.24, 2.45) is 15.1 Å². The summed E-state index contributed by atoms with van der Waals surface area (Å²) in [5.74, 6) is 1.71. The Morgan fingerprint density at radius 2 is 1.70 bits per heavy atom. The average Bonchev–Trinajstić information content (AvgIpc) is 3.65. The van der Waals surface area contributed by atoms with Gasteiger partial charge in [-0.25, -0.2) is 9.98 Å². The number of rotatable bonds is 18. The van der Waals surface area contributed by atoms with Gasteiger partial charge in [0.05, 0.1) is 17.9 Å². The summed E-state index contributed by atoms with van der Waals surface area (Å²) < 4.78 is 6.28. The maximum Gasteiger partial charge on any atom is 0.265 e. The van der Waals surface area contributed by atoms with Crippen molar-refractivity contribution in [2.45, 2.75) is 85.7 Å². The molecule has 0 radical (unpaired) electrons. The highest BCUT2D eigenvalue weighted by Crippen LogP contribution is 2.26. The number of aromatic nitrogens is 3. The van der Waals surface area contributed by atoms with Gasteiger partial charge in [0.15, 0.2) is 11.9 Å². The van der Waals surface area contributed by atoms with Crippen LogP contribution in [0.2, 0.25) is 0 Å². The molecule has 4 aromatic rings. The van der Waals surface area contributed by atoms with Crippen LogP contribution in [-0.4, -0.2) is 64.7 Å². The summed E-state index contributed by atoms with van der Waals surface area (Å²) in [7, 11) is 0. The summed E-state index contributed by atoms with van der Waals surface area (Å²) >= 11 is 0. The molecule has 1 N–H and O–H groups in total. The first-order chi connectivity index (χ1) is 24.3. The number of benzene rings is 3. The van der Waals surface area contributed by atoms with Gasteiger partial charge in [0.1, 0.15) is 11.5 Å². The zero-order valence-electron chi connectivity index (χ0n) is 30.2. The maximum absolute atomic E-state index is 13.5. The molecule has 0 fully saturated rings. The van der Waals surface area contributed by atoms with E-state index >= 15 is 0 Å². The molecule has 50 heavy (non-hydrogen) atoms.